The molecule has 0 atom stereocenters. The van der Waals surface area contributed by atoms with Crippen molar-refractivity contribution in [2.24, 2.45) is 0 Å². The second-order valence-corrected chi connectivity index (χ2v) is 8.45. The molecule has 7 heteroatoms. The number of nitrogens with one attached hydrogen (secondary N) is 1. The van der Waals surface area contributed by atoms with Crippen molar-refractivity contribution >= 4 is 39.9 Å². The van der Waals surface area contributed by atoms with Gasteiger partial charge in [0.2, 0.25) is 5.91 Å². The molecule has 0 aliphatic rings. The van der Waals surface area contributed by atoms with Gasteiger partial charge in [0.1, 0.15) is 0 Å². The lowest BCUT2D eigenvalue weighted by Crippen LogP contribution is -2.27. The molecule has 0 radical (unpaired) electrons. The highest BCUT2D eigenvalue weighted by Gasteiger charge is 2.08. The lowest BCUT2D eigenvalue weighted by molar-refractivity contribution is -0.120. The van der Waals surface area contributed by atoms with E-state index in [9.17, 15) is 4.79 Å². The average molecular weight is 364 g/mol. The Morgan fingerprint density at radius 2 is 1.91 bits per heavy atom. The summed E-state index contributed by atoms with van der Waals surface area (Å²) in [6, 6.07) is 4.22. The number of rotatable bonds is 6. The highest BCUT2D eigenvalue weighted by atomic mass is 32.1. The van der Waals surface area contributed by atoms with Crippen molar-refractivity contribution in [3.8, 4) is 10.6 Å². The van der Waals surface area contributed by atoms with Crippen molar-refractivity contribution in [1.29, 1.82) is 0 Å². The number of aromatic nitrogens is 2. The minimum Gasteiger partial charge on any atom is -0.355 e. The van der Waals surface area contributed by atoms with Gasteiger partial charge in [-0.3, -0.25) is 4.79 Å². The third kappa shape index (κ3) is 4.46. The fraction of sp³-hybridized carbons (Fsp3) is 0.312. The average Bonchev–Trinajstić information content (AvgIpc) is 3.21. The van der Waals surface area contributed by atoms with Crippen LogP contribution in [0.2, 0.25) is 0 Å². The molecule has 0 saturated carbocycles. The van der Waals surface area contributed by atoms with E-state index < -0.39 is 0 Å². The summed E-state index contributed by atoms with van der Waals surface area (Å²) in [7, 11) is 0. The van der Waals surface area contributed by atoms with E-state index in [4.69, 9.17) is 0 Å². The number of thiophene rings is 1. The molecule has 3 aromatic rings. The van der Waals surface area contributed by atoms with E-state index in [0.717, 1.165) is 27.8 Å². The number of carbonyl (C=O) groups is 1. The van der Waals surface area contributed by atoms with Crippen molar-refractivity contribution in [3.63, 3.8) is 0 Å². The quantitative estimate of drug-likeness (QED) is 0.724. The second-order valence-electron chi connectivity index (χ2n) is 5.15. The maximum absolute atomic E-state index is 11.9. The normalized spacial score (nSPS) is 10.9. The minimum atomic E-state index is 0.0298. The van der Waals surface area contributed by atoms with E-state index in [1.165, 1.54) is 9.75 Å². The molecule has 3 rings (SSSR count). The molecular formula is C16H17N3OS3. The van der Waals surface area contributed by atoms with Gasteiger partial charge in [-0.15, -0.1) is 34.0 Å². The Labute approximate surface area is 147 Å². The third-order valence-electron chi connectivity index (χ3n) is 3.23. The van der Waals surface area contributed by atoms with Crippen molar-refractivity contribution < 1.29 is 4.79 Å². The topological polar surface area (TPSA) is 54.9 Å². The fourth-order valence-electron chi connectivity index (χ4n) is 2.17. The zero-order valence-corrected chi connectivity index (χ0v) is 15.4. The lowest BCUT2D eigenvalue weighted by atomic mass is 10.3. The van der Waals surface area contributed by atoms with Gasteiger partial charge < -0.3 is 5.32 Å². The number of amides is 1. The molecule has 0 spiro atoms. The Morgan fingerprint density at radius 1 is 1.13 bits per heavy atom. The van der Waals surface area contributed by atoms with Gasteiger partial charge in [-0.05, 0) is 32.4 Å². The maximum atomic E-state index is 11.9. The number of hydrogen-bond acceptors (Lipinski definition) is 6. The molecule has 4 nitrogen and oxygen atoms in total. The highest BCUT2D eigenvalue weighted by molar-refractivity contribution is 7.16. The van der Waals surface area contributed by atoms with Crippen LogP contribution >= 0.6 is 34.0 Å². The number of nitrogens with zero attached hydrogens (tertiary/aromatic N) is 2. The first kappa shape index (κ1) is 16.3. The van der Waals surface area contributed by atoms with E-state index in [0.29, 0.717) is 13.0 Å². The van der Waals surface area contributed by atoms with E-state index in [1.807, 2.05) is 19.2 Å². The molecule has 3 aromatic heterocycles. The van der Waals surface area contributed by atoms with Gasteiger partial charge in [0.05, 0.1) is 32.7 Å². The molecule has 0 bridgehead atoms. The molecule has 0 unspecified atom stereocenters. The third-order valence-corrected chi connectivity index (χ3v) is 6.00. The van der Waals surface area contributed by atoms with Crippen molar-refractivity contribution in [2.75, 3.05) is 6.54 Å². The summed E-state index contributed by atoms with van der Waals surface area (Å²) >= 11 is 4.98. The van der Waals surface area contributed by atoms with Crippen LogP contribution in [-0.4, -0.2) is 22.4 Å². The summed E-state index contributed by atoms with van der Waals surface area (Å²) < 4.78 is 0. The predicted molar refractivity (Wildman–Crippen MR) is 97.4 cm³/mol. The minimum absolute atomic E-state index is 0.0298. The van der Waals surface area contributed by atoms with E-state index in [2.05, 4.69) is 32.8 Å². The monoisotopic (exact) mass is 363 g/mol. The molecule has 0 aromatic carbocycles. The second kappa shape index (κ2) is 7.33. The first-order valence-corrected chi connectivity index (χ1v) is 9.86. The van der Waals surface area contributed by atoms with Gasteiger partial charge in [-0.1, -0.05) is 0 Å². The number of thiazole rings is 2. The number of carbonyl (C=O) groups excluding carboxylic acids is 1. The SMILES string of the molecule is Cc1nc(CC(=O)NCCc2ccc(-c3csc(C)n3)s2)cs1. The van der Waals surface area contributed by atoms with Crippen LogP contribution < -0.4 is 5.32 Å². The Hall–Kier alpha value is -1.57. The van der Waals surface area contributed by atoms with Crippen molar-refractivity contribution in [1.82, 2.24) is 15.3 Å². The molecule has 1 amide bonds. The maximum Gasteiger partial charge on any atom is 0.226 e. The van der Waals surface area contributed by atoms with Crippen molar-refractivity contribution in [2.45, 2.75) is 26.7 Å². The van der Waals surface area contributed by atoms with Crippen LogP contribution in [0.4, 0.5) is 0 Å². The summed E-state index contributed by atoms with van der Waals surface area (Å²) in [5, 5.41) is 9.07. The van der Waals surface area contributed by atoms with E-state index >= 15 is 0 Å². The molecule has 1 N–H and O–H groups in total. The molecular weight excluding hydrogens is 346 g/mol. The van der Waals surface area contributed by atoms with E-state index in [-0.39, 0.29) is 5.91 Å². The summed E-state index contributed by atoms with van der Waals surface area (Å²) in [6.45, 7) is 4.62. The Bertz CT molecular complexity index is 803. The molecule has 23 heavy (non-hydrogen) atoms. The smallest absolute Gasteiger partial charge is 0.226 e. The van der Waals surface area contributed by atoms with Gasteiger partial charge in [-0.2, -0.15) is 0 Å². The van der Waals surface area contributed by atoms with Crippen LogP contribution in [0, 0.1) is 13.8 Å². The van der Waals surface area contributed by atoms with Crippen molar-refractivity contribution in [3.05, 3.63) is 43.5 Å². The Balaban J connectivity index is 1.47. The number of hydrogen-bond donors (Lipinski definition) is 1. The standard InChI is InChI=1S/C16H17N3OS3/c1-10-18-12(8-21-10)7-16(20)17-6-5-13-3-4-15(23-13)14-9-22-11(2)19-14/h3-4,8-9H,5-7H2,1-2H3,(H,17,20). The lowest BCUT2D eigenvalue weighted by Gasteiger charge is -2.02. The zero-order chi connectivity index (χ0) is 16.2. The van der Waals surface area contributed by atoms with Crippen LogP contribution in [0.5, 0.6) is 0 Å². The highest BCUT2D eigenvalue weighted by Crippen LogP contribution is 2.29. The summed E-state index contributed by atoms with van der Waals surface area (Å²) in [4.78, 5) is 23.2. The largest absolute Gasteiger partial charge is 0.355 e. The molecule has 120 valence electrons. The fourth-order valence-corrected chi connectivity index (χ4v) is 4.44. The van der Waals surface area contributed by atoms with E-state index in [1.54, 1.807) is 34.0 Å². The van der Waals surface area contributed by atoms with Crippen LogP contribution in [0.1, 0.15) is 20.6 Å². The Kier molecular flexibility index (Phi) is 5.20. The summed E-state index contributed by atoms with van der Waals surface area (Å²) in [5.41, 5.74) is 1.90. The molecule has 0 saturated heterocycles. The first-order chi connectivity index (χ1) is 11.1. The predicted octanol–water partition coefficient (Wildman–Crippen LogP) is 3.85. The summed E-state index contributed by atoms with van der Waals surface area (Å²) in [6.07, 6.45) is 1.20. The van der Waals surface area contributed by atoms with Gasteiger partial charge in [-0.25, -0.2) is 9.97 Å². The van der Waals surface area contributed by atoms with Gasteiger partial charge >= 0.3 is 0 Å². The molecule has 0 aliphatic heterocycles. The molecule has 3 heterocycles. The van der Waals surface area contributed by atoms with Gasteiger partial charge in [0.15, 0.2) is 0 Å². The summed E-state index contributed by atoms with van der Waals surface area (Å²) in [5.74, 6) is 0.0298. The van der Waals surface area contributed by atoms with Crippen LogP contribution in [0.3, 0.4) is 0 Å². The van der Waals surface area contributed by atoms with Crippen LogP contribution in [-0.2, 0) is 17.6 Å². The van der Waals surface area contributed by atoms with Gasteiger partial charge in [0, 0.05) is 22.2 Å². The Morgan fingerprint density at radius 3 is 2.61 bits per heavy atom. The van der Waals surface area contributed by atoms with Crippen LogP contribution in [0.15, 0.2) is 22.9 Å². The molecule has 0 fully saturated rings. The number of aryl methyl sites for hydroxylation is 2. The zero-order valence-electron chi connectivity index (χ0n) is 13.0. The van der Waals surface area contributed by atoms with Crippen LogP contribution in [0.25, 0.3) is 10.6 Å². The first-order valence-electron chi connectivity index (χ1n) is 7.29. The molecule has 0 aliphatic carbocycles. The van der Waals surface area contributed by atoms with Gasteiger partial charge in [0.25, 0.3) is 0 Å².